The summed E-state index contributed by atoms with van der Waals surface area (Å²) in [5, 5.41) is 8.52. The molecule has 156 valence electrons. The van der Waals surface area contributed by atoms with Crippen molar-refractivity contribution in [3.05, 3.63) is 67.9 Å². The Labute approximate surface area is 178 Å². The third kappa shape index (κ3) is 3.60. The number of benzene rings is 2. The highest BCUT2D eigenvalue weighted by Crippen LogP contribution is 2.19. The maximum atomic E-state index is 13.3. The molecule has 0 bridgehead atoms. The summed E-state index contributed by atoms with van der Waals surface area (Å²) in [7, 11) is 1.96. The molecule has 0 aromatic heterocycles. The number of nitrogens with one attached hydrogen (secondary N) is 1. The van der Waals surface area contributed by atoms with E-state index >= 15 is 0 Å². The Bertz CT molecular complexity index is 1170. The molecule has 0 unspecified atom stereocenters. The third-order valence-corrected chi connectivity index (χ3v) is 7.28. The first-order chi connectivity index (χ1) is 14.7. The van der Waals surface area contributed by atoms with Gasteiger partial charge in [0.1, 0.15) is 0 Å². The SMILES string of the molecule is CN(CCC1CCNCC1)C(=O)c1cccc2c1=CCc1c3c(ccc1=2)=CCCC3. The van der Waals surface area contributed by atoms with E-state index in [9.17, 15) is 4.79 Å². The first kappa shape index (κ1) is 19.6. The number of fused-ring (bicyclic) bond motifs is 4. The molecule has 0 radical (unpaired) electrons. The normalized spacial score (nSPS) is 17.8. The zero-order chi connectivity index (χ0) is 20.5. The van der Waals surface area contributed by atoms with Gasteiger partial charge in [0, 0.05) is 19.2 Å². The smallest absolute Gasteiger partial charge is 0.254 e. The first-order valence-corrected chi connectivity index (χ1v) is 11.6. The van der Waals surface area contributed by atoms with Crippen LogP contribution in [0.4, 0.5) is 0 Å². The second kappa shape index (κ2) is 8.39. The largest absolute Gasteiger partial charge is 0.342 e. The number of hydrogen-bond donors (Lipinski definition) is 1. The second-order valence-electron chi connectivity index (χ2n) is 9.14. The van der Waals surface area contributed by atoms with Crippen LogP contribution in [-0.4, -0.2) is 37.5 Å². The van der Waals surface area contributed by atoms with Gasteiger partial charge in [-0.1, -0.05) is 36.4 Å². The van der Waals surface area contributed by atoms with Crippen molar-refractivity contribution in [3.8, 4) is 0 Å². The number of piperidine rings is 1. The average Bonchev–Trinajstić information content (AvgIpc) is 2.81. The van der Waals surface area contributed by atoms with Crippen LogP contribution in [0.2, 0.25) is 0 Å². The van der Waals surface area contributed by atoms with E-state index in [1.807, 2.05) is 18.0 Å². The van der Waals surface area contributed by atoms with E-state index in [4.69, 9.17) is 0 Å². The minimum Gasteiger partial charge on any atom is -0.342 e. The fraction of sp³-hybridized carbons (Fsp3) is 0.444. The Morgan fingerprint density at radius 2 is 1.93 bits per heavy atom. The quantitative estimate of drug-likeness (QED) is 0.856. The van der Waals surface area contributed by atoms with E-state index in [2.05, 4.69) is 41.7 Å². The number of carbonyl (C=O) groups is 1. The van der Waals surface area contributed by atoms with Crippen molar-refractivity contribution < 1.29 is 4.79 Å². The van der Waals surface area contributed by atoms with Crippen LogP contribution in [0.15, 0.2) is 30.3 Å². The molecule has 1 amide bonds. The zero-order valence-electron chi connectivity index (χ0n) is 18.0. The minimum absolute atomic E-state index is 0.159. The topological polar surface area (TPSA) is 32.3 Å². The van der Waals surface area contributed by atoms with Crippen LogP contribution < -0.4 is 15.8 Å². The summed E-state index contributed by atoms with van der Waals surface area (Å²) >= 11 is 0. The lowest BCUT2D eigenvalue weighted by atomic mass is 9.88. The number of nitrogens with zero attached hydrogens (tertiary/aromatic N) is 1. The molecule has 1 N–H and O–H groups in total. The van der Waals surface area contributed by atoms with Crippen molar-refractivity contribution in [2.75, 3.05) is 26.7 Å². The Morgan fingerprint density at radius 1 is 1.07 bits per heavy atom. The van der Waals surface area contributed by atoms with Crippen LogP contribution in [0.5, 0.6) is 0 Å². The number of hydrogen-bond acceptors (Lipinski definition) is 2. The van der Waals surface area contributed by atoms with Crippen molar-refractivity contribution in [2.24, 2.45) is 5.92 Å². The second-order valence-corrected chi connectivity index (χ2v) is 9.14. The molecule has 3 heteroatoms. The van der Waals surface area contributed by atoms with Crippen molar-refractivity contribution in [2.45, 2.75) is 44.9 Å². The molecule has 5 rings (SSSR count). The van der Waals surface area contributed by atoms with Crippen LogP contribution in [-0.2, 0) is 12.8 Å². The summed E-state index contributed by atoms with van der Waals surface area (Å²) in [6, 6.07) is 10.8. The van der Waals surface area contributed by atoms with Gasteiger partial charge in [0.25, 0.3) is 5.91 Å². The van der Waals surface area contributed by atoms with E-state index in [0.29, 0.717) is 0 Å². The Balaban J connectivity index is 1.49. The predicted molar refractivity (Wildman–Crippen MR) is 123 cm³/mol. The third-order valence-electron chi connectivity index (χ3n) is 7.28. The molecule has 0 spiro atoms. The van der Waals surface area contributed by atoms with Crippen molar-refractivity contribution in [1.82, 2.24) is 10.2 Å². The van der Waals surface area contributed by atoms with E-state index in [1.54, 1.807) is 0 Å². The molecule has 1 aliphatic heterocycles. The van der Waals surface area contributed by atoms with Crippen molar-refractivity contribution >= 4 is 18.1 Å². The maximum Gasteiger partial charge on any atom is 0.254 e. The molecule has 30 heavy (non-hydrogen) atoms. The molecular weight excluding hydrogens is 368 g/mol. The highest BCUT2D eigenvalue weighted by Gasteiger charge is 2.19. The summed E-state index contributed by atoms with van der Waals surface area (Å²) in [4.78, 5) is 15.3. The standard InChI is InChI=1S/C27H32N2O/c1-29(18-15-19-13-16-28-17-14-19)27(30)26-8-4-7-22-24-10-9-20-5-2-3-6-21(20)23(24)11-12-25(22)26/h4-5,7-10,12,19,28H,2-3,6,11,13-18H2,1H3. The number of amides is 1. The molecular formula is C27H32N2O. The van der Waals surface area contributed by atoms with Gasteiger partial charge in [-0.25, -0.2) is 0 Å². The lowest BCUT2D eigenvalue weighted by molar-refractivity contribution is 0.0783. The Kier molecular flexibility index (Phi) is 5.47. The summed E-state index contributed by atoms with van der Waals surface area (Å²) in [5.41, 5.74) is 3.85. The minimum atomic E-state index is 0.159. The van der Waals surface area contributed by atoms with E-state index in [1.165, 1.54) is 58.9 Å². The van der Waals surface area contributed by atoms with Gasteiger partial charge in [0.15, 0.2) is 0 Å². The Hall–Kier alpha value is -2.39. The predicted octanol–water partition coefficient (Wildman–Crippen LogP) is 2.89. The summed E-state index contributed by atoms with van der Waals surface area (Å²) in [6.07, 6.45) is 12.8. The number of carbonyl (C=O) groups excluding carboxylic acids is 1. The molecule has 1 heterocycles. The van der Waals surface area contributed by atoms with Gasteiger partial charge in [0.2, 0.25) is 0 Å². The van der Waals surface area contributed by atoms with E-state index < -0.39 is 0 Å². The van der Waals surface area contributed by atoms with Gasteiger partial charge in [-0.05, 0) is 102 Å². The number of rotatable bonds is 4. The molecule has 1 fully saturated rings. The summed E-state index contributed by atoms with van der Waals surface area (Å²) in [5.74, 6) is 0.902. The lowest BCUT2D eigenvalue weighted by Gasteiger charge is -2.25. The highest BCUT2D eigenvalue weighted by atomic mass is 16.2. The molecule has 2 aliphatic carbocycles. The maximum absolute atomic E-state index is 13.3. The van der Waals surface area contributed by atoms with Crippen LogP contribution in [0.25, 0.3) is 12.2 Å². The van der Waals surface area contributed by atoms with Gasteiger partial charge >= 0.3 is 0 Å². The monoisotopic (exact) mass is 400 g/mol. The Morgan fingerprint density at radius 3 is 2.80 bits per heavy atom. The van der Waals surface area contributed by atoms with Crippen molar-refractivity contribution in [3.63, 3.8) is 0 Å². The van der Waals surface area contributed by atoms with Crippen LogP contribution >= 0.6 is 0 Å². The highest BCUT2D eigenvalue weighted by molar-refractivity contribution is 5.94. The fourth-order valence-corrected chi connectivity index (χ4v) is 5.48. The fourth-order valence-electron chi connectivity index (χ4n) is 5.48. The van der Waals surface area contributed by atoms with Gasteiger partial charge in [-0.2, -0.15) is 0 Å². The van der Waals surface area contributed by atoms with Crippen molar-refractivity contribution in [1.29, 1.82) is 0 Å². The molecule has 0 saturated carbocycles. The van der Waals surface area contributed by atoms with E-state index in [0.717, 1.165) is 49.2 Å². The van der Waals surface area contributed by atoms with Crippen LogP contribution in [0.1, 0.15) is 53.6 Å². The lowest BCUT2D eigenvalue weighted by Crippen LogP contribution is -2.35. The van der Waals surface area contributed by atoms with Gasteiger partial charge in [-0.15, -0.1) is 0 Å². The van der Waals surface area contributed by atoms with Crippen LogP contribution in [0.3, 0.4) is 0 Å². The molecule has 0 atom stereocenters. The first-order valence-electron chi connectivity index (χ1n) is 11.6. The van der Waals surface area contributed by atoms with E-state index in [-0.39, 0.29) is 5.91 Å². The molecule has 1 saturated heterocycles. The molecule has 3 aliphatic rings. The van der Waals surface area contributed by atoms with Gasteiger partial charge in [-0.3, -0.25) is 4.79 Å². The van der Waals surface area contributed by atoms with Crippen LogP contribution in [0, 0.1) is 16.4 Å². The zero-order valence-corrected chi connectivity index (χ0v) is 18.0. The molecule has 2 aromatic rings. The molecule has 3 nitrogen and oxygen atoms in total. The summed E-state index contributed by atoms with van der Waals surface area (Å²) in [6.45, 7) is 3.07. The van der Waals surface area contributed by atoms with Gasteiger partial charge < -0.3 is 10.2 Å². The molecule has 2 aromatic carbocycles. The summed E-state index contributed by atoms with van der Waals surface area (Å²) < 4.78 is 0. The van der Waals surface area contributed by atoms with Gasteiger partial charge in [0.05, 0.1) is 0 Å². The average molecular weight is 401 g/mol.